The Kier molecular flexibility index (Phi) is 7.36. The Hall–Kier alpha value is -3.26. The Morgan fingerprint density at radius 1 is 1.00 bits per heavy atom. The molecule has 0 saturated carbocycles. The predicted molar refractivity (Wildman–Crippen MR) is 125 cm³/mol. The molecule has 0 radical (unpaired) electrons. The highest BCUT2D eigenvalue weighted by Gasteiger charge is 2.27. The standard InChI is InChI=1S/C23H27N5O2S/c1-5-16(4)19(25-22(30)24-18-11-7-9-15(3)13-18)20(29)26-23-28-27-21(31-23)17-10-6-8-14(2)12-17/h6-13,16,19H,5H2,1-4H3,(H2,24,25,30)(H,26,28,29)/t16-,19-/m1/s1. The van der Waals surface area contributed by atoms with Gasteiger partial charge in [-0.05, 0) is 43.5 Å². The van der Waals surface area contributed by atoms with Crippen molar-refractivity contribution in [1.82, 2.24) is 15.5 Å². The number of aryl methyl sites for hydroxylation is 2. The number of benzene rings is 2. The first kappa shape index (κ1) is 22.4. The molecule has 31 heavy (non-hydrogen) atoms. The zero-order valence-electron chi connectivity index (χ0n) is 18.1. The summed E-state index contributed by atoms with van der Waals surface area (Å²) in [6, 6.07) is 14.3. The van der Waals surface area contributed by atoms with E-state index in [4.69, 9.17) is 0 Å². The van der Waals surface area contributed by atoms with Crippen LogP contribution in [0.1, 0.15) is 31.4 Å². The molecule has 0 unspecified atom stereocenters. The summed E-state index contributed by atoms with van der Waals surface area (Å²) in [6.07, 6.45) is 0.730. The summed E-state index contributed by atoms with van der Waals surface area (Å²) in [7, 11) is 0. The van der Waals surface area contributed by atoms with Crippen molar-refractivity contribution in [3.63, 3.8) is 0 Å². The fourth-order valence-electron chi connectivity index (χ4n) is 3.08. The van der Waals surface area contributed by atoms with Crippen molar-refractivity contribution in [2.45, 2.75) is 40.2 Å². The summed E-state index contributed by atoms with van der Waals surface area (Å²) in [6.45, 7) is 7.87. The molecule has 3 rings (SSSR count). The van der Waals surface area contributed by atoms with E-state index in [1.807, 2.05) is 70.2 Å². The maximum Gasteiger partial charge on any atom is 0.319 e. The van der Waals surface area contributed by atoms with Crippen LogP contribution in [0.2, 0.25) is 0 Å². The first-order chi connectivity index (χ1) is 14.9. The van der Waals surface area contributed by atoms with Gasteiger partial charge in [0.15, 0.2) is 0 Å². The third kappa shape index (κ3) is 6.11. The number of carbonyl (C=O) groups excluding carboxylic acids is 2. The highest BCUT2D eigenvalue weighted by Crippen LogP contribution is 2.27. The quantitative estimate of drug-likeness (QED) is 0.485. The number of amides is 3. The number of hydrogen-bond acceptors (Lipinski definition) is 5. The molecular formula is C23H27N5O2S. The Bertz CT molecular complexity index is 1070. The molecule has 1 heterocycles. The van der Waals surface area contributed by atoms with Crippen molar-refractivity contribution < 1.29 is 9.59 Å². The number of aromatic nitrogens is 2. The highest BCUT2D eigenvalue weighted by molar-refractivity contribution is 7.18. The summed E-state index contributed by atoms with van der Waals surface area (Å²) in [5.41, 5.74) is 3.79. The zero-order valence-corrected chi connectivity index (χ0v) is 18.9. The molecule has 0 saturated heterocycles. The van der Waals surface area contributed by atoms with Crippen molar-refractivity contribution in [3.8, 4) is 10.6 Å². The lowest BCUT2D eigenvalue weighted by molar-refractivity contribution is -0.119. The van der Waals surface area contributed by atoms with Crippen LogP contribution in [0.4, 0.5) is 15.6 Å². The second-order valence-electron chi connectivity index (χ2n) is 7.60. The Balaban J connectivity index is 1.68. The van der Waals surface area contributed by atoms with E-state index in [1.54, 1.807) is 6.07 Å². The van der Waals surface area contributed by atoms with Crippen molar-refractivity contribution in [2.75, 3.05) is 10.6 Å². The van der Waals surface area contributed by atoms with Crippen LogP contribution in [0.3, 0.4) is 0 Å². The molecule has 8 heteroatoms. The molecular weight excluding hydrogens is 410 g/mol. The summed E-state index contributed by atoms with van der Waals surface area (Å²) in [4.78, 5) is 25.4. The van der Waals surface area contributed by atoms with Gasteiger partial charge >= 0.3 is 6.03 Å². The van der Waals surface area contributed by atoms with Crippen molar-refractivity contribution in [3.05, 3.63) is 59.7 Å². The monoisotopic (exact) mass is 437 g/mol. The van der Waals surface area contributed by atoms with Gasteiger partial charge in [-0.1, -0.05) is 67.5 Å². The average Bonchev–Trinajstić information content (AvgIpc) is 3.20. The molecule has 2 atom stereocenters. The number of carbonyl (C=O) groups is 2. The van der Waals surface area contributed by atoms with Gasteiger partial charge in [0.1, 0.15) is 11.0 Å². The van der Waals surface area contributed by atoms with Gasteiger partial charge in [0, 0.05) is 11.3 Å². The molecule has 7 nitrogen and oxygen atoms in total. The molecule has 3 amide bonds. The van der Waals surface area contributed by atoms with Gasteiger partial charge in [0.05, 0.1) is 0 Å². The third-order valence-electron chi connectivity index (χ3n) is 4.98. The smallest absolute Gasteiger partial charge is 0.319 e. The van der Waals surface area contributed by atoms with E-state index in [0.717, 1.165) is 28.1 Å². The fourth-order valence-corrected chi connectivity index (χ4v) is 3.83. The van der Waals surface area contributed by atoms with E-state index in [9.17, 15) is 9.59 Å². The van der Waals surface area contributed by atoms with Gasteiger partial charge in [-0.15, -0.1) is 10.2 Å². The minimum absolute atomic E-state index is 0.0626. The second-order valence-corrected chi connectivity index (χ2v) is 8.58. The van der Waals surface area contributed by atoms with Gasteiger partial charge in [-0.25, -0.2) is 4.79 Å². The number of rotatable bonds is 7. The maximum atomic E-state index is 12.9. The lowest BCUT2D eigenvalue weighted by Gasteiger charge is -2.23. The SMILES string of the molecule is CC[C@@H](C)[C@@H](NC(=O)Nc1cccc(C)c1)C(=O)Nc1nnc(-c2cccc(C)c2)s1. The van der Waals surface area contributed by atoms with E-state index in [2.05, 4.69) is 26.1 Å². The number of nitrogens with zero attached hydrogens (tertiary/aromatic N) is 2. The lowest BCUT2D eigenvalue weighted by Crippen LogP contribution is -2.49. The molecule has 0 aliphatic rings. The number of hydrogen-bond donors (Lipinski definition) is 3. The van der Waals surface area contributed by atoms with E-state index < -0.39 is 12.1 Å². The molecule has 0 fully saturated rings. The van der Waals surface area contributed by atoms with Crippen molar-refractivity contribution in [2.24, 2.45) is 5.92 Å². The molecule has 3 aromatic rings. The minimum atomic E-state index is -0.707. The van der Waals surface area contributed by atoms with Crippen LogP contribution < -0.4 is 16.0 Å². The number of anilines is 2. The normalized spacial score (nSPS) is 12.6. The molecule has 0 aliphatic heterocycles. The van der Waals surface area contributed by atoms with Crippen LogP contribution >= 0.6 is 11.3 Å². The predicted octanol–water partition coefficient (Wildman–Crippen LogP) is 5.00. The van der Waals surface area contributed by atoms with Crippen molar-refractivity contribution in [1.29, 1.82) is 0 Å². The molecule has 3 N–H and O–H groups in total. The summed E-state index contributed by atoms with van der Waals surface area (Å²) in [5, 5.41) is 17.8. The van der Waals surface area contributed by atoms with Gasteiger partial charge in [-0.2, -0.15) is 0 Å². The largest absolute Gasteiger partial charge is 0.326 e. The molecule has 0 spiro atoms. The van der Waals surface area contributed by atoms with Crippen LogP contribution in [0.15, 0.2) is 48.5 Å². The van der Waals surface area contributed by atoms with E-state index in [0.29, 0.717) is 10.8 Å². The van der Waals surface area contributed by atoms with Crippen LogP contribution in [-0.2, 0) is 4.79 Å². The van der Waals surface area contributed by atoms with Crippen LogP contribution in [0.25, 0.3) is 10.6 Å². The van der Waals surface area contributed by atoms with Crippen molar-refractivity contribution >= 4 is 34.1 Å². The van der Waals surface area contributed by atoms with Crippen LogP contribution in [0, 0.1) is 19.8 Å². The Morgan fingerprint density at radius 3 is 2.39 bits per heavy atom. The van der Waals surface area contributed by atoms with Crippen LogP contribution in [-0.4, -0.2) is 28.2 Å². The highest BCUT2D eigenvalue weighted by atomic mass is 32.1. The molecule has 162 valence electrons. The maximum absolute atomic E-state index is 12.9. The summed E-state index contributed by atoms with van der Waals surface area (Å²) in [5.74, 6) is -0.381. The van der Waals surface area contributed by atoms with E-state index in [-0.39, 0.29) is 11.8 Å². The van der Waals surface area contributed by atoms with Gasteiger partial charge in [-0.3, -0.25) is 10.1 Å². The third-order valence-corrected chi connectivity index (χ3v) is 5.87. The minimum Gasteiger partial charge on any atom is -0.326 e. The fraction of sp³-hybridized carbons (Fsp3) is 0.304. The molecule has 0 bridgehead atoms. The molecule has 0 aliphatic carbocycles. The average molecular weight is 438 g/mol. The number of urea groups is 1. The Labute approximate surface area is 186 Å². The zero-order chi connectivity index (χ0) is 22.4. The van der Waals surface area contributed by atoms with Crippen LogP contribution in [0.5, 0.6) is 0 Å². The summed E-state index contributed by atoms with van der Waals surface area (Å²) < 4.78 is 0. The topological polar surface area (TPSA) is 96.0 Å². The number of nitrogens with one attached hydrogen (secondary N) is 3. The lowest BCUT2D eigenvalue weighted by atomic mass is 9.98. The van der Waals surface area contributed by atoms with E-state index in [1.165, 1.54) is 11.3 Å². The first-order valence-electron chi connectivity index (χ1n) is 10.2. The molecule has 2 aromatic carbocycles. The van der Waals surface area contributed by atoms with E-state index >= 15 is 0 Å². The second kappa shape index (κ2) is 10.2. The van der Waals surface area contributed by atoms with Gasteiger partial charge in [0.25, 0.3) is 0 Å². The summed E-state index contributed by atoms with van der Waals surface area (Å²) >= 11 is 1.30. The Morgan fingerprint density at radius 2 is 1.71 bits per heavy atom. The first-order valence-corrected chi connectivity index (χ1v) is 11.0. The van der Waals surface area contributed by atoms with Gasteiger partial charge < -0.3 is 10.6 Å². The van der Waals surface area contributed by atoms with Gasteiger partial charge in [0.2, 0.25) is 11.0 Å². The molecule has 1 aromatic heterocycles.